The molecule has 3 N–H and O–H groups in total. The first-order valence-corrected chi connectivity index (χ1v) is 6.45. The van der Waals surface area contributed by atoms with Gasteiger partial charge in [0.15, 0.2) is 11.5 Å². The van der Waals surface area contributed by atoms with Gasteiger partial charge in [0.05, 0.1) is 12.9 Å². The van der Waals surface area contributed by atoms with Gasteiger partial charge in [0.2, 0.25) is 0 Å². The Morgan fingerprint density at radius 2 is 2.00 bits per heavy atom. The van der Waals surface area contributed by atoms with Crippen LogP contribution in [0.15, 0.2) is 36.7 Å². The molecule has 0 atom stereocenters. The predicted molar refractivity (Wildman–Crippen MR) is 76.2 cm³/mol. The second-order valence-corrected chi connectivity index (χ2v) is 4.40. The first-order valence-electron chi connectivity index (χ1n) is 6.45. The van der Waals surface area contributed by atoms with Crippen LogP contribution >= 0.6 is 0 Å². The minimum Gasteiger partial charge on any atom is -0.396 e. The number of aromatic amines is 1. The summed E-state index contributed by atoms with van der Waals surface area (Å²) in [5, 5.41) is 12.3. The summed E-state index contributed by atoms with van der Waals surface area (Å²) in [7, 11) is 0. The van der Waals surface area contributed by atoms with E-state index in [1.54, 1.807) is 6.33 Å². The van der Waals surface area contributed by atoms with Gasteiger partial charge in [-0.25, -0.2) is 15.0 Å². The molecule has 0 fully saturated rings. The van der Waals surface area contributed by atoms with Crippen LogP contribution in [0, 0.1) is 0 Å². The molecule has 6 heteroatoms. The molecule has 0 aliphatic rings. The normalized spacial score (nSPS) is 10.8. The molecule has 0 aliphatic carbocycles. The van der Waals surface area contributed by atoms with Crippen LogP contribution in [0.5, 0.6) is 0 Å². The molecule has 0 amide bonds. The maximum absolute atomic E-state index is 9.01. The van der Waals surface area contributed by atoms with Gasteiger partial charge < -0.3 is 15.4 Å². The van der Waals surface area contributed by atoms with Gasteiger partial charge >= 0.3 is 0 Å². The summed E-state index contributed by atoms with van der Waals surface area (Å²) in [6.07, 6.45) is 2.01. The molecule has 6 nitrogen and oxygen atoms in total. The molecule has 102 valence electrons. The number of nitrogens with one attached hydrogen (secondary N) is 2. The number of hydrogen-bond donors (Lipinski definition) is 3. The largest absolute Gasteiger partial charge is 0.396 e. The summed E-state index contributed by atoms with van der Waals surface area (Å²) in [4.78, 5) is 15.9. The second kappa shape index (κ2) is 5.66. The molecule has 0 radical (unpaired) electrons. The fourth-order valence-corrected chi connectivity index (χ4v) is 2.00. The highest BCUT2D eigenvalue weighted by Crippen LogP contribution is 2.17. The number of aliphatic hydroxyl groups is 1. The molecule has 3 aromatic rings. The van der Waals surface area contributed by atoms with Crippen LogP contribution in [0.25, 0.3) is 11.2 Å². The molecule has 0 aliphatic heterocycles. The first-order chi connectivity index (χ1) is 9.86. The van der Waals surface area contributed by atoms with Crippen molar-refractivity contribution in [3.05, 3.63) is 48.0 Å². The van der Waals surface area contributed by atoms with Gasteiger partial charge in [-0.3, -0.25) is 0 Å². The standard InChI is InChI=1S/C14H15N5O/c20-7-6-11-18-13(12-14(19-11)17-9-16-12)15-8-10-4-2-1-3-5-10/h1-5,9,20H,6-8H2,(H2,15,16,17,18,19). The zero-order valence-corrected chi connectivity index (χ0v) is 10.9. The van der Waals surface area contributed by atoms with Crippen molar-refractivity contribution < 1.29 is 5.11 Å². The van der Waals surface area contributed by atoms with Crippen LogP contribution in [0.2, 0.25) is 0 Å². The minimum atomic E-state index is 0.0219. The first kappa shape index (κ1) is 12.6. The fourth-order valence-electron chi connectivity index (χ4n) is 2.00. The van der Waals surface area contributed by atoms with Crippen molar-refractivity contribution >= 4 is 17.0 Å². The predicted octanol–water partition coefficient (Wildman–Crippen LogP) is 1.50. The average Bonchev–Trinajstić information content (AvgIpc) is 2.95. The molecule has 2 aromatic heterocycles. The van der Waals surface area contributed by atoms with E-state index < -0.39 is 0 Å². The molecule has 1 aromatic carbocycles. The van der Waals surface area contributed by atoms with Crippen molar-refractivity contribution in [2.75, 3.05) is 11.9 Å². The van der Waals surface area contributed by atoms with E-state index in [4.69, 9.17) is 5.11 Å². The Kier molecular flexibility index (Phi) is 3.56. The van der Waals surface area contributed by atoms with E-state index in [2.05, 4.69) is 25.3 Å². The van der Waals surface area contributed by atoms with E-state index in [0.29, 0.717) is 30.3 Å². The van der Waals surface area contributed by atoms with E-state index >= 15 is 0 Å². The number of nitrogens with zero attached hydrogens (tertiary/aromatic N) is 3. The molecule has 20 heavy (non-hydrogen) atoms. The Morgan fingerprint density at radius 3 is 2.80 bits per heavy atom. The van der Waals surface area contributed by atoms with Gasteiger partial charge in [0.25, 0.3) is 0 Å². The van der Waals surface area contributed by atoms with Crippen molar-refractivity contribution in [2.24, 2.45) is 0 Å². The maximum Gasteiger partial charge on any atom is 0.183 e. The number of benzene rings is 1. The number of aromatic nitrogens is 4. The third-order valence-electron chi connectivity index (χ3n) is 2.97. The van der Waals surface area contributed by atoms with Crippen LogP contribution in [0.3, 0.4) is 0 Å². The molecule has 0 saturated heterocycles. The lowest BCUT2D eigenvalue weighted by Crippen LogP contribution is -2.06. The highest BCUT2D eigenvalue weighted by Gasteiger charge is 2.09. The highest BCUT2D eigenvalue weighted by atomic mass is 16.3. The molecule has 0 unspecified atom stereocenters. The summed E-state index contributed by atoms with van der Waals surface area (Å²) in [6.45, 7) is 0.693. The Bertz CT molecular complexity index is 695. The van der Waals surface area contributed by atoms with E-state index in [1.165, 1.54) is 5.56 Å². The molecule has 3 rings (SSSR count). The lowest BCUT2D eigenvalue weighted by atomic mass is 10.2. The minimum absolute atomic E-state index is 0.0219. The number of anilines is 1. The molecule has 0 spiro atoms. The lowest BCUT2D eigenvalue weighted by Gasteiger charge is -2.08. The summed E-state index contributed by atoms with van der Waals surface area (Å²) < 4.78 is 0. The second-order valence-electron chi connectivity index (χ2n) is 4.40. The van der Waals surface area contributed by atoms with Gasteiger partial charge in [-0.2, -0.15) is 0 Å². The van der Waals surface area contributed by atoms with Gasteiger partial charge in [0.1, 0.15) is 11.3 Å². The van der Waals surface area contributed by atoms with Gasteiger partial charge in [-0.15, -0.1) is 0 Å². The molecule has 2 heterocycles. The van der Waals surface area contributed by atoms with Crippen LogP contribution in [-0.4, -0.2) is 31.6 Å². The van der Waals surface area contributed by atoms with Crippen molar-refractivity contribution in [3.8, 4) is 0 Å². The van der Waals surface area contributed by atoms with Crippen molar-refractivity contribution in [3.63, 3.8) is 0 Å². The number of hydrogen-bond acceptors (Lipinski definition) is 5. The third kappa shape index (κ3) is 2.60. The van der Waals surface area contributed by atoms with Gasteiger partial charge in [-0.1, -0.05) is 30.3 Å². The van der Waals surface area contributed by atoms with Crippen molar-refractivity contribution in [1.29, 1.82) is 0 Å². The zero-order chi connectivity index (χ0) is 13.8. The quantitative estimate of drug-likeness (QED) is 0.653. The maximum atomic E-state index is 9.01. The number of imidazole rings is 1. The topological polar surface area (TPSA) is 86.7 Å². The van der Waals surface area contributed by atoms with Gasteiger partial charge in [-0.05, 0) is 5.56 Å². The van der Waals surface area contributed by atoms with Crippen LogP contribution in [0.4, 0.5) is 5.82 Å². The molecular formula is C14H15N5O. The number of aliphatic hydroxyl groups excluding tert-OH is 1. The zero-order valence-electron chi connectivity index (χ0n) is 10.9. The SMILES string of the molecule is OCCc1nc(NCc2ccccc2)c2[nH]cnc2n1. The van der Waals surface area contributed by atoms with E-state index in [0.717, 1.165) is 5.52 Å². The highest BCUT2D eigenvalue weighted by molar-refractivity contribution is 5.82. The van der Waals surface area contributed by atoms with E-state index in [-0.39, 0.29) is 6.61 Å². The number of rotatable bonds is 5. The van der Waals surface area contributed by atoms with E-state index in [9.17, 15) is 0 Å². The van der Waals surface area contributed by atoms with E-state index in [1.807, 2.05) is 30.3 Å². The van der Waals surface area contributed by atoms with Crippen LogP contribution < -0.4 is 5.32 Å². The van der Waals surface area contributed by atoms with Gasteiger partial charge in [0, 0.05) is 13.0 Å². The van der Waals surface area contributed by atoms with Crippen LogP contribution in [-0.2, 0) is 13.0 Å². The third-order valence-corrected chi connectivity index (χ3v) is 2.97. The molecule has 0 saturated carbocycles. The molecule has 0 bridgehead atoms. The Labute approximate surface area is 115 Å². The van der Waals surface area contributed by atoms with Crippen LogP contribution in [0.1, 0.15) is 11.4 Å². The smallest absolute Gasteiger partial charge is 0.183 e. The van der Waals surface area contributed by atoms with Crippen molar-refractivity contribution in [2.45, 2.75) is 13.0 Å². The fraction of sp³-hybridized carbons (Fsp3) is 0.214. The molecular weight excluding hydrogens is 254 g/mol. The Hall–Kier alpha value is -2.47. The summed E-state index contributed by atoms with van der Waals surface area (Å²) in [5.41, 5.74) is 2.56. The Morgan fingerprint density at radius 1 is 1.15 bits per heavy atom. The number of fused-ring (bicyclic) bond motifs is 1. The Balaban J connectivity index is 1.87. The average molecular weight is 269 g/mol. The number of H-pyrrole nitrogens is 1. The monoisotopic (exact) mass is 269 g/mol. The van der Waals surface area contributed by atoms with Crippen molar-refractivity contribution in [1.82, 2.24) is 19.9 Å². The summed E-state index contributed by atoms with van der Waals surface area (Å²) in [5.74, 6) is 1.29. The lowest BCUT2D eigenvalue weighted by molar-refractivity contribution is 0.297. The summed E-state index contributed by atoms with van der Waals surface area (Å²) >= 11 is 0. The summed E-state index contributed by atoms with van der Waals surface area (Å²) in [6, 6.07) is 10.1.